The summed E-state index contributed by atoms with van der Waals surface area (Å²) in [4.78, 5) is 10.4. The number of aldehydes is 1. The van der Waals surface area contributed by atoms with Crippen LogP contribution in [0.2, 0.25) is 0 Å². The van der Waals surface area contributed by atoms with Gasteiger partial charge in [0.2, 0.25) is 0 Å². The van der Waals surface area contributed by atoms with Crippen LogP contribution in [0.15, 0.2) is 28.9 Å². The van der Waals surface area contributed by atoms with Gasteiger partial charge < -0.3 is 0 Å². The van der Waals surface area contributed by atoms with Crippen LogP contribution in [0.4, 0.5) is 4.39 Å². The van der Waals surface area contributed by atoms with Gasteiger partial charge in [-0.3, -0.25) is 4.79 Å². The highest BCUT2D eigenvalue weighted by atomic mass is 79.9. The van der Waals surface area contributed by atoms with Crippen molar-refractivity contribution < 1.29 is 9.18 Å². The first kappa shape index (κ1) is 9.97. The average Bonchev–Trinajstić information content (AvgIpc) is 2.70. The molecule has 0 spiro atoms. The smallest absolute Gasteiger partial charge is 0.171 e. The highest BCUT2D eigenvalue weighted by Gasteiger charge is 2.06. The summed E-state index contributed by atoms with van der Waals surface area (Å²) >= 11 is 3.25. The predicted molar refractivity (Wildman–Crippen MR) is 54.4 cm³/mol. The Morgan fingerprint density at radius 3 is 2.93 bits per heavy atom. The number of aromatic nitrogens is 3. The first-order valence-corrected chi connectivity index (χ1v) is 4.83. The Labute approximate surface area is 92.8 Å². The Hall–Kier alpha value is -1.56. The highest BCUT2D eigenvalue weighted by molar-refractivity contribution is 9.10. The second-order valence-corrected chi connectivity index (χ2v) is 3.66. The van der Waals surface area contributed by atoms with Gasteiger partial charge in [-0.25, -0.2) is 9.07 Å². The summed E-state index contributed by atoms with van der Waals surface area (Å²) < 4.78 is 15.0. The van der Waals surface area contributed by atoms with E-state index in [4.69, 9.17) is 0 Å². The molecule has 1 aromatic carbocycles. The molecular formula is C9H5BrFN3O. The molecule has 4 nitrogen and oxygen atoms in total. The van der Waals surface area contributed by atoms with E-state index in [0.29, 0.717) is 16.4 Å². The van der Waals surface area contributed by atoms with Gasteiger partial charge in [0, 0.05) is 10.5 Å². The monoisotopic (exact) mass is 269 g/mol. The van der Waals surface area contributed by atoms with E-state index in [1.54, 1.807) is 6.07 Å². The Kier molecular flexibility index (Phi) is 2.59. The number of hydrogen-bond donors (Lipinski definition) is 0. The molecule has 15 heavy (non-hydrogen) atoms. The van der Waals surface area contributed by atoms with Crippen LogP contribution in [-0.2, 0) is 0 Å². The first-order valence-electron chi connectivity index (χ1n) is 4.03. The Balaban J connectivity index is 2.52. The number of benzene rings is 1. The van der Waals surface area contributed by atoms with Crippen LogP contribution in [0.1, 0.15) is 10.5 Å². The van der Waals surface area contributed by atoms with Gasteiger partial charge in [-0.1, -0.05) is 5.21 Å². The zero-order valence-electron chi connectivity index (χ0n) is 7.39. The summed E-state index contributed by atoms with van der Waals surface area (Å²) in [6.07, 6.45) is 2.00. The molecule has 76 valence electrons. The van der Waals surface area contributed by atoms with E-state index in [0.717, 1.165) is 0 Å². The minimum absolute atomic E-state index is 0.200. The lowest BCUT2D eigenvalue weighted by molar-refractivity contribution is 0.111. The zero-order chi connectivity index (χ0) is 10.8. The second-order valence-electron chi connectivity index (χ2n) is 2.80. The molecule has 1 heterocycles. The SMILES string of the molecule is O=Cc1cn(-c2cc(F)ccc2Br)nn1. The molecule has 0 radical (unpaired) electrons. The van der Waals surface area contributed by atoms with E-state index in [-0.39, 0.29) is 11.5 Å². The lowest BCUT2D eigenvalue weighted by atomic mass is 10.3. The van der Waals surface area contributed by atoms with Crippen LogP contribution in [0.25, 0.3) is 5.69 Å². The molecule has 6 heteroatoms. The summed E-state index contributed by atoms with van der Waals surface area (Å²) in [5, 5.41) is 7.28. The molecule has 0 aliphatic heterocycles. The van der Waals surface area contributed by atoms with Gasteiger partial charge in [0.25, 0.3) is 0 Å². The maximum Gasteiger partial charge on any atom is 0.171 e. The van der Waals surface area contributed by atoms with Gasteiger partial charge in [-0.15, -0.1) is 5.10 Å². The molecule has 0 bridgehead atoms. The van der Waals surface area contributed by atoms with Gasteiger partial charge in [-0.05, 0) is 28.1 Å². The van der Waals surface area contributed by atoms with E-state index in [2.05, 4.69) is 26.2 Å². The minimum Gasteiger partial charge on any atom is -0.296 e. The van der Waals surface area contributed by atoms with Crippen LogP contribution in [-0.4, -0.2) is 21.3 Å². The summed E-state index contributed by atoms with van der Waals surface area (Å²) in [6.45, 7) is 0. The Morgan fingerprint density at radius 2 is 2.27 bits per heavy atom. The standard InChI is InChI=1S/C9H5BrFN3O/c10-8-2-1-6(11)3-9(8)14-4-7(5-15)12-13-14/h1-5H. The lowest BCUT2D eigenvalue weighted by Crippen LogP contribution is -1.96. The normalized spacial score (nSPS) is 10.3. The van der Waals surface area contributed by atoms with Crippen LogP contribution >= 0.6 is 15.9 Å². The third-order valence-electron chi connectivity index (χ3n) is 1.79. The summed E-state index contributed by atoms with van der Waals surface area (Å²) in [5.41, 5.74) is 0.696. The fourth-order valence-corrected chi connectivity index (χ4v) is 1.54. The van der Waals surface area contributed by atoms with E-state index in [1.807, 2.05) is 0 Å². The van der Waals surface area contributed by atoms with Crippen molar-refractivity contribution in [1.29, 1.82) is 0 Å². The van der Waals surface area contributed by atoms with Crippen molar-refractivity contribution in [3.05, 3.63) is 40.4 Å². The van der Waals surface area contributed by atoms with Crippen LogP contribution in [0.5, 0.6) is 0 Å². The van der Waals surface area contributed by atoms with E-state index < -0.39 is 0 Å². The number of rotatable bonds is 2. The van der Waals surface area contributed by atoms with Crippen molar-refractivity contribution in [3.8, 4) is 5.69 Å². The van der Waals surface area contributed by atoms with Gasteiger partial charge in [0.05, 0.1) is 11.9 Å². The van der Waals surface area contributed by atoms with Crippen molar-refractivity contribution in [2.75, 3.05) is 0 Å². The van der Waals surface area contributed by atoms with Gasteiger partial charge in [0.1, 0.15) is 11.5 Å². The molecule has 0 unspecified atom stereocenters. The van der Waals surface area contributed by atoms with Gasteiger partial charge >= 0.3 is 0 Å². The third-order valence-corrected chi connectivity index (χ3v) is 2.46. The Bertz CT molecular complexity index is 512. The van der Waals surface area contributed by atoms with Crippen molar-refractivity contribution in [3.63, 3.8) is 0 Å². The van der Waals surface area contributed by atoms with Gasteiger partial charge in [0.15, 0.2) is 6.29 Å². The molecule has 0 atom stereocenters. The van der Waals surface area contributed by atoms with Crippen LogP contribution < -0.4 is 0 Å². The van der Waals surface area contributed by atoms with E-state index in [1.165, 1.54) is 23.0 Å². The van der Waals surface area contributed by atoms with E-state index in [9.17, 15) is 9.18 Å². The molecule has 0 N–H and O–H groups in total. The van der Waals surface area contributed by atoms with Crippen molar-refractivity contribution in [2.45, 2.75) is 0 Å². The Morgan fingerprint density at radius 1 is 1.47 bits per heavy atom. The molecule has 0 amide bonds. The van der Waals surface area contributed by atoms with Crippen LogP contribution in [0, 0.1) is 5.82 Å². The largest absolute Gasteiger partial charge is 0.296 e. The fraction of sp³-hybridized carbons (Fsp3) is 0. The van der Waals surface area contributed by atoms with E-state index >= 15 is 0 Å². The topological polar surface area (TPSA) is 47.8 Å². The number of halogens is 2. The number of carbonyl (C=O) groups is 1. The van der Waals surface area contributed by atoms with Crippen molar-refractivity contribution in [1.82, 2.24) is 15.0 Å². The second kappa shape index (κ2) is 3.90. The molecule has 0 saturated carbocycles. The highest BCUT2D eigenvalue weighted by Crippen LogP contribution is 2.20. The molecule has 1 aromatic heterocycles. The minimum atomic E-state index is -0.378. The molecule has 0 aliphatic carbocycles. The maximum atomic E-state index is 13.0. The lowest BCUT2D eigenvalue weighted by Gasteiger charge is -2.02. The molecule has 2 aromatic rings. The summed E-state index contributed by atoms with van der Waals surface area (Å²) in [7, 11) is 0. The quantitative estimate of drug-likeness (QED) is 0.784. The molecule has 0 aliphatic rings. The summed E-state index contributed by atoms with van der Waals surface area (Å²) in [6, 6.07) is 4.19. The number of nitrogens with zero attached hydrogens (tertiary/aromatic N) is 3. The van der Waals surface area contributed by atoms with Crippen molar-refractivity contribution >= 4 is 22.2 Å². The van der Waals surface area contributed by atoms with Gasteiger partial charge in [-0.2, -0.15) is 0 Å². The molecular weight excluding hydrogens is 265 g/mol. The average molecular weight is 270 g/mol. The third kappa shape index (κ3) is 1.94. The number of hydrogen-bond acceptors (Lipinski definition) is 3. The maximum absolute atomic E-state index is 13.0. The molecule has 0 fully saturated rings. The van der Waals surface area contributed by atoms with Crippen molar-refractivity contribution in [2.24, 2.45) is 0 Å². The zero-order valence-corrected chi connectivity index (χ0v) is 8.98. The molecule has 2 rings (SSSR count). The van der Waals surface area contributed by atoms with Crippen LogP contribution in [0.3, 0.4) is 0 Å². The number of carbonyl (C=O) groups excluding carboxylic acids is 1. The fourth-order valence-electron chi connectivity index (χ4n) is 1.11. The first-order chi connectivity index (χ1) is 7.20. The summed E-state index contributed by atoms with van der Waals surface area (Å²) in [5.74, 6) is -0.378. The predicted octanol–water partition coefficient (Wildman–Crippen LogP) is 1.98. The molecule has 0 saturated heterocycles.